The Hall–Kier alpha value is -2.31. The first-order chi connectivity index (χ1) is 12.3. The minimum atomic E-state index is 0.468. The number of aromatic nitrogens is 3. The van der Waals surface area contributed by atoms with Crippen molar-refractivity contribution in [2.45, 2.75) is 59.0 Å². The maximum Gasteiger partial charge on any atom is 0.191 e. The standard InChI is InChI=1S/C18H30N6O/c1-4-15(5-2)17-13-16(25-23-17)14-21-18(19-6-3)20-9-7-11-24-12-8-10-22-24/h8,10,12-13,15H,4-7,9,11,14H2,1-3H3,(H2,19,20,21). The van der Waals surface area contributed by atoms with Gasteiger partial charge < -0.3 is 15.2 Å². The van der Waals surface area contributed by atoms with Crippen LogP contribution in [0, 0.1) is 0 Å². The van der Waals surface area contributed by atoms with E-state index in [-0.39, 0.29) is 0 Å². The number of nitrogens with zero attached hydrogens (tertiary/aromatic N) is 4. The van der Waals surface area contributed by atoms with Crippen LogP contribution in [0.15, 0.2) is 34.0 Å². The zero-order valence-electron chi connectivity index (χ0n) is 15.5. The molecule has 0 aliphatic heterocycles. The monoisotopic (exact) mass is 346 g/mol. The maximum absolute atomic E-state index is 5.43. The number of nitrogens with one attached hydrogen (secondary N) is 2. The zero-order chi connectivity index (χ0) is 17.9. The highest BCUT2D eigenvalue weighted by Gasteiger charge is 2.12. The van der Waals surface area contributed by atoms with Crippen molar-refractivity contribution < 1.29 is 4.52 Å². The third-order valence-corrected chi connectivity index (χ3v) is 4.13. The van der Waals surface area contributed by atoms with Crippen molar-refractivity contribution in [1.29, 1.82) is 0 Å². The Bertz CT molecular complexity index is 615. The third-order valence-electron chi connectivity index (χ3n) is 4.13. The second-order valence-electron chi connectivity index (χ2n) is 5.98. The summed E-state index contributed by atoms with van der Waals surface area (Å²) in [4.78, 5) is 4.58. The van der Waals surface area contributed by atoms with Crippen LogP contribution in [0.1, 0.15) is 57.4 Å². The highest BCUT2D eigenvalue weighted by molar-refractivity contribution is 5.79. The first-order valence-corrected chi connectivity index (χ1v) is 9.21. The van der Waals surface area contributed by atoms with Gasteiger partial charge >= 0.3 is 0 Å². The molecule has 2 N–H and O–H groups in total. The summed E-state index contributed by atoms with van der Waals surface area (Å²) in [7, 11) is 0. The predicted molar refractivity (Wildman–Crippen MR) is 99.5 cm³/mol. The molecule has 0 bridgehead atoms. The van der Waals surface area contributed by atoms with E-state index in [0.717, 1.165) is 56.3 Å². The highest BCUT2D eigenvalue weighted by atomic mass is 16.5. The average Bonchev–Trinajstić information content (AvgIpc) is 3.29. The molecule has 2 heterocycles. The Morgan fingerprint density at radius 3 is 2.80 bits per heavy atom. The average molecular weight is 346 g/mol. The Balaban J connectivity index is 1.82. The molecule has 138 valence electrons. The van der Waals surface area contributed by atoms with E-state index < -0.39 is 0 Å². The fraction of sp³-hybridized carbons (Fsp3) is 0.611. The van der Waals surface area contributed by atoms with Gasteiger partial charge in [-0.2, -0.15) is 5.10 Å². The number of aryl methyl sites for hydroxylation is 1. The molecule has 0 aliphatic carbocycles. The number of hydrogen-bond donors (Lipinski definition) is 2. The number of hydrogen-bond acceptors (Lipinski definition) is 4. The van der Waals surface area contributed by atoms with Gasteiger partial charge in [0, 0.05) is 44.0 Å². The van der Waals surface area contributed by atoms with Crippen LogP contribution in [0.5, 0.6) is 0 Å². The molecule has 7 heteroatoms. The fourth-order valence-corrected chi connectivity index (χ4v) is 2.68. The molecule has 0 aromatic carbocycles. The van der Waals surface area contributed by atoms with Gasteiger partial charge in [-0.05, 0) is 32.3 Å². The predicted octanol–water partition coefficient (Wildman–Crippen LogP) is 2.92. The second kappa shape index (κ2) is 10.5. The molecule has 0 saturated carbocycles. The largest absolute Gasteiger partial charge is 0.359 e. The van der Waals surface area contributed by atoms with Crippen molar-refractivity contribution in [3.05, 3.63) is 36.0 Å². The van der Waals surface area contributed by atoms with Crippen molar-refractivity contribution in [2.75, 3.05) is 13.1 Å². The smallest absolute Gasteiger partial charge is 0.191 e. The molecule has 0 spiro atoms. The Morgan fingerprint density at radius 2 is 2.12 bits per heavy atom. The maximum atomic E-state index is 5.43. The molecular formula is C18H30N6O. The van der Waals surface area contributed by atoms with Gasteiger partial charge in [-0.3, -0.25) is 4.68 Å². The summed E-state index contributed by atoms with van der Waals surface area (Å²) in [5.74, 6) is 2.06. The first kappa shape index (κ1) is 19.0. The van der Waals surface area contributed by atoms with Crippen LogP contribution in [0.3, 0.4) is 0 Å². The first-order valence-electron chi connectivity index (χ1n) is 9.21. The van der Waals surface area contributed by atoms with Gasteiger partial charge in [0.15, 0.2) is 11.7 Å². The van der Waals surface area contributed by atoms with Gasteiger partial charge in [0.05, 0.1) is 5.69 Å². The minimum absolute atomic E-state index is 0.468. The lowest BCUT2D eigenvalue weighted by atomic mass is 9.99. The molecule has 0 fully saturated rings. The van der Waals surface area contributed by atoms with Crippen molar-refractivity contribution in [1.82, 2.24) is 25.6 Å². The number of guanidine groups is 1. The minimum Gasteiger partial charge on any atom is -0.359 e. The topological polar surface area (TPSA) is 80.3 Å². The Morgan fingerprint density at radius 1 is 1.28 bits per heavy atom. The van der Waals surface area contributed by atoms with E-state index in [9.17, 15) is 0 Å². The summed E-state index contributed by atoms with van der Waals surface area (Å²) in [5.41, 5.74) is 1.03. The van der Waals surface area contributed by atoms with Crippen molar-refractivity contribution >= 4 is 5.96 Å². The highest BCUT2D eigenvalue weighted by Crippen LogP contribution is 2.22. The molecular weight excluding hydrogens is 316 g/mol. The third kappa shape index (κ3) is 6.25. The summed E-state index contributed by atoms with van der Waals surface area (Å²) in [6.45, 7) is 9.44. The molecule has 0 amide bonds. The molecule has 0 atom stereocenters. The van der Waals surface area contributed by atoms with Crippen LogP contribution < -0.4 is 10.6 Å². The lowest BCUT2D eigenvalue weighted by Gasteiger charge is -2.10. The van der Waals surface area contributed by atoms with Gasteiger partial charge in [-0.25, -0.2) is 4.99 Å². The van der Waals surface area contributed by atoms with E-state index in [1.807, 2.05) is 23.0 Å². The van der Waals surface area contributed by atoms with Gasteiger partial charge in [0.25, 0.3) is 0 Å². The van der Waals surface area contributed by atoms with Crippen LogP contribution in [0.25, 0.3) is 0 Å². The van der Waals surface area contributed by atoms with Crippen LogP contribution in [-0.4, -0.2) is 34.0 Å². The summed E-state index contributed by atoms with van der Waals surface area (Å²) < 4.78 is 7.36. The van der Waals surface area contributed by atoms with E-state index in [0.29, 0.717) is 12.5 Å². The second-order valence-corrected chi connectivity index (χ2v) is 5.98. The number of rotatable bonds is 10. The normalized spacial score (nSPS) is 11.9. The Labute approximate surface area is 149 Å². The summed E-state index contributed by atoms with van der Waals surface area (Å²) >= 11 is 0. The molecule has 0 aliphatic rings. The summed E-state index contributed by atoms with van der Waals surface area (Å²) in [6.07, 6.45) is 6.90. The van der Waals surface area contributed by atoms with E-state index in [1.165, 1.54) is 0 Å². The van der Waals surface area contributed by atoms with E-state index >= 15 is 0 Å². The van der Waals surface area contributed by atoms with Gasteiger partial charge in [-0.1, -0.05) is 19.0 Å². The zero-order valence-corrected chi connectivity index (χ0v) is 15.5. The van der Waals surface area contributed by atoms with Gasteiger partial charge in [0.1, 0.15) is 6.54 Å². The molecule has 2 aromatic heterocycles. The molecule has 0 radical (unpaired) electrons. The van der Waals surface area contributed by atoms with Crippen LogP contribution in [0.2, 0.25) is 0 Å². The molecule has 0 saturated heterocycles. The summed E-state index contributed by atoms with van der Waals surface area (Å²) in [6, 6.07) is 3.97. The van der Waals surface area contributed by atoms with E-state index in [2.05, 4.69) is 46.7 Å². The lowest BCUT2D eigenvalue weighted by Crippen LogP contribution is -2.38. The number of aliphatic imine (C=N–C) groups is 1. The van der Waals surface area contributed by atoms with Gasteiger partial charge in [-0.15, -0.1) is 0 Å². The van der Waals surface area contributed by atoms with Crippen molar-refractivity contribution in [2.24, 2.45) is 4.99 Å². The molecule has 7 nitrogen and oxygen atoms in total. The quantitative estimate of drug-likeness (QED) is 0.393. The van der Waals surface area contributed by atoms with E-state index in [1.54, 1.807) is 6.20 Å². The van der Waals surface area contributed by atoms with Crippen LogP contribution in [0.4, 0.5) is 0 Å². The molecule has 2 aromatic rings. The molecule has 0 unspecified atom stereocenters. The lowest BCUT2D eigenvalue weighted by molar-refractivity contribution is 0.372. The molecule has 25 heavy (non-hydrogen) atoms. The van der Waals surface area contributed by atoms with Crippen molar-refractivity contribution in [3.8, 4) is 0 Å². The van der Waals surface area contributed by atoms with Gasteiger partial charge in [0.2, 0.25) is 0 Å². The fourth-order valence-electron chi connectivity index (χ4n) is 2.68. The van der Waals surface area contributed by atoms with Crippen LogP contribution >= 0.6 is 0 Å². The van der Waals surface area contributed by atoms with E-state index in [4.69, 9.17) is 4.52 Å². The summed E-state index contributed by atoms with van der Waals surface area (Å²) in [5, 5.41) is 15.0. The van der Waals surface area contributed by atoms with Crippen LogP contribution in [-0.2, 0) is 13.1 Å². The van der Waals surface area contributed by atoms with Crippen molar-refractivity contribution in [3.63, 3.8) is 0 Å². The Kier molecular flexibility index (Phi) is 8.01. The molecule has 2 rings (SSSR count). The SMILES string of the molecule is CCNC(=NCc1cc(C(CC)CC)no1)NCCCn1cccn1.